The molecule has 3 rings (SSSR count). The molecule has 1 aromatic heterocycles. The summed E-state index contributed by atoms with van der Waals surface area (Å²) >= 11 is 0. The lowest BCUT2D eigenvalue weighted by molar-refractivity contribution is 0.0549. The third kappa shape index (κ3) is 2.64. The second-order valence-corrected chi connectivity index (χ2v) is 5.79. The molecule has 116 valence electrons. The monoisotopic (exact) mass is 299 g/mol. The SMILES string of the molecule is CCCn1cc(C(=O)N2Cc3ccccc3C(O)C2)c(C)n1. The molecule has 5 nitrogen and oxygen atoms in total. The average molecular weight is 299 g/mol. The standard InChI is InChI=1S/C17H21N3O2/c1-3-8-20-10-15(12(2)18-20)17(22)19-9-13-6-4-5-7-14(13)16(21)11-19/h4-7,10,16,21H,3,8-9,11H2,1-2H3. The molecule has 1 atom stereocenters. The fourth-order valence-electron chi connectivity index (χ4n) is 2.98. The van der Waals surface area contributed by atoms with E-state index in [1.807, 2.05) is 42.1 Å². The van der Waals surface area contributed by atoms with Crippen LogP contribution in [0.15, 0.2) is 30.5 Å². The predicted octanol–water partition coefficient (Wildman–Crippen LogP) is 2.29. The van der Waals surface area contributed by atoms with Gasteiger partial charge in [0.15, 0.2) is 0 Å². The first-order valence-electron chi connectivity index (χ1n) is 7.69. The molecule has 0 radical (unpaired) electrons. The number of hydrogen-bond acceptors (Lipinski definition) is 3. The summed E-state index contributed by atoms with van der Waals surface area (Å²) in [6.45, 7) is 5.60. The first kappa shape index (κ1) is 14.8. The van der Waals surface area contributed by atoms with Crippen LogP contribution in [0, 0.1) is 6.92 Å². The van der Waals surface area contributed by atoms with Crippen molar-refractivity contribution in [3.8, 4) is 0 Å². The molecule has 1 aliphatic heterocycles. The fraction of sp³-hybridized carbons (Fsp3) is 0.412. The minimum atomic E-state index is -0.625. The first-order valence-corrected chi connectivity index (χ1v) is 7.69. The zero-order valence-electron chi connectivity index (χ0n) is 13.0. The van der Waals surface area contributed by atoms with Gasteiger partial charge in [-0.05, 0) is 24.5 Å². The van der Waals surface area contributed by atoms with E-state index in [1.54, 1.807) is 4.90 Å². The third-order valence-electron chi connectivity index (χ3n) is 4.09. The van der Waals surface area contributed by atoms with Crippen molar-refractivity contribution in [3.05, 3.63) is 52.8 Å². The van der Waals surface area contributed by atoms with Gasteiger partial charge in [-0.3, -0.25) is 9.48 Å². The van der Waals surface area contributed by atoms with Crippen LogP contribution >= 0.6 is 0 Å². The van der Waals surface area contributed by atoms with E-state index in [4.69, 9.17) is 0 Å². The van der Waals surface area contributed by atoms with Gasteiger partial charge in [-0.15, -0.1) is 0 Å². The Labute approximate surface area is 130 Å². The third-order valence-corrected chi connectivity index (χ3v) is 4.09. The zero-order chi connectivity index (χ0) is 15.7. The lowest BCUT2D eigenvalue weighted by Crippen LogP contribution is -2.38. The van der Waals surface area contributed by atoms with Crippen LogP contribution in [0.1, 0.15) is 46.6 Å². The number of β-amino-alcohol motifs (C(OH)–C–C–N with tert-alkyl or cyclic N) is 1. The number of nitrogens with zero attached hydrogens (tertiary/aromatic N) is 3. The molecule has 0 spiro atoms. The molecule has 0 saturated heterocycles. The van der Waals surface area contributed by atoms with E-state index in [2.05, 4.69) is 12.0 Å². The van der Waals surface area contributed by atoms with Crippen LogP contribution in [0.25, 0.3) is 0 Å². The number of aromatic nitrogens is 2. The van der Waals surface area contributed by atoms with Crippen LogP contribution in [0.3, 0.4) is 0 Å². The van der Waals surface area contributed by atoms with E-state index in [9.17, 15) is 9.90 Å². The second-order valence-electron chi connectivity index (χ2n) is 5.79. The zero-order valence-corrected chi connectivity index (χ0v) is 13.0. The van der Waals surface area contributed by atoms with Gasteiger partial charge in [0.05, 0.1) is 23.9 Å². The summed E-state index contributed by atoms with van der Waals surface area (Å²) in [6.07, 6.45) is 2.17. The summed E-state index contributed by atoms with van der Waals surface area (Å²) in [5, 5.41) is 14.7. The van der Waals surface area contributed by atoms with E-state index < -0.39 is 6.10 Å². The summed E-state index contributed by atoms with van der Waals surface area (Å²) in [5.74, 6) is -0.0617. The van der Waals surface area contributed by atoms with Gasteiger partial charge in [0.2, 0.25) is 0 Å². The fourth-order valence-corrected chi connectivity index (χ4v) is 2.98. The number of carbonyl (C=O) groups is 1. The molecule has 22 heavy (non-hydrogen) atoms. The van der Waals surface area contributed by atoms with Crippen LogP contribution in [-0.2, 0) is 13.1 Å². The predicted molar refractivity (Wildman–Crippen MR) is 83.4 cm³/mol. The molecule has 1 aliphatic rings. The van der Waals surface area contributed by atoms with Crippen LogP contribution < -0.4 is 0 Å². The molecule has 2 aromatic rings. The van der Waals surface area contributed by atoms with Gasteiger partial charge in [-0.25, -0.2) is 0 Å². The molecule has 1 amide bonds. The van der Waals surface area contributed by atoms with Gasteiger partial charge in [0.1, 0.15) is 0 Å². The average Bonchev–Trinajstić information content (AvgIpc) is 2.87. The Kier molecular flexibility index (Phi) is 3.98. The molecule has 0 saturated carbocycles. The topological polar surface area (TPSA) is 58.4 Å². The van der Waals surface area contributed by atoms with E-state index in [0.29, 0.717) is 18.7 Å². The Morgan fingerprint density at radius 1 is 1.41 bits per heavy atom. The molecule has 5 heteroatoms. The number of aliphatic hydroxyl groups is 1. The number of rotatable bonds is 3. The van der Waals surface area contributed by atoms with Crippen molar-refractivity contribution in [2.45, 2.75) is 39.5 Å². The van der Waals surface area contributed by atoms with Crippen molar-refractivity contribution in [2.75, 3.05) is 6.54 Å². The molecule has 0 aliphatic carbocycles. The Balaban J connectivity index is 1.85. The van der Waals surface area contributed by atoms with Crippen LogP contribution in [-0.4, -0.2) is 32.2 Å². The van der Waals surface area contributed by atoms with Gasteiger partial charge in [0.25, 0.3) is 5.91 Å². The van der Waals surface area contributed by atoms with Crippen LogP contribution in [0.5, 0.6) is 0 Å². The summed E-state index contributed by atoms with van der Waals surface area (Å²) in [4.78, 5) is 14.5. The van der Waals surface area contributed by atoms with Crippen molar-refractivity contribution < 1.29 is 9.90 Å². The molecular formula is C17H21N3O2. The van der Waals surface area contributed by atoms with E-state index in [-0.39, 0.29) is 5.91 Å². The van der Waals surface area contributed by atoms with Crippen molar-refractivity contribution in [3.63, 3.8) is 0 Å². The highest BCUT2D eigenvalue weighted by Gasteiger charge is 2.28. The molecule has 1 aromatic carbocycles. The number of amides is 1. The van der Waals surface area contributed by atoms with E-state index in [0.717, 1.165) is 29.8 Å². The quantitative estimate of drug-likeness (QED) is 0.946. The minimum Gasteiger partial charge on any atom is -0.387 e. The maximum absolute atomic E-state index is 12.8. The van der Waals surface area contributed by atoms with Gasteiger partial charge >= 0.3 is 0 Å². The number of fused-ring (bicyclic) bond motifs is 1. The minimum absolute atomic E-state index is 0.0617. The van der Waals surface area contributed by atoms with E-state index in [1.165, 1.54) is 0 Å². The summed E-state index contributed by atoms with van der Waals surface area (Å²) in [6, 6.07) is 7.74. The Bertz CT molecular complexity index is 693. The van der Waals surface area contributed by atoms with Crippen molar-refractivity contribution in [2.24, 2.45) is 0 Å². The highest BCUT2D eigenvalue weighted by atomic mass is 16.3. The van der Waals surface area contributed by atoms with Crippen LogP contribution in [0.2, 0.25) is 0 Å². The molecule has 1 N–H and O–H groups in total. The smallest absolute Gasteiger partial charge is 0.257 e. The van der Waals surface area contributed by atoms with Crippen LogP contribution in [0.4, 0.5) is 0 Å². The molecule has 0 fully saturated rings. The molecule has 2 heterocycles. The number of carbonyl (C=O) groups excluding carboxylic acids is 1. The molecular weight excluding hydrogens is 278 g/mol. The molecule has 0 bridgehead atoms. The maximum Gasteiger partial charge on any atom is 0.257 e. The lowest BCUT2D eigenvalue weighted by Gasteiger charge is -2.32. The number of aryl methyl sites for hydroxylation is 2. The van der Waals surface area contributed by atoms with Gasteiger partial charge < -0.3 is 10.0 Å². The summed E-state index contributed by atoms with van der Waals surface area (Å²) in [5.41, 5.74) is 3.30. The highest BCUT2D eigenvalue weighted by molar-refractivity contribution is 5.95. The lowest BCUT2D eigenvalue weighted by atomic mass is 9.97. The van der Waals surface area contributed by atoms with Gasteiger partial charge in [-0.2, -0.15) is 5.10 Å². The van der Waals surface area contributed by atoms with Gasteiger partial charge in [0, 0.05) is 19.3 Å². The van der Waals surface area contributed by atoms with Crippen molar-refractivity contribution in [1.29, 1.82) is 0 Å². The molecule has 1 unspecified atom stereocenters. The van der Waals surface area contributed by atoms with E-state index >= 15 is 0 Å². The normalized spacial score (nSPS) is 17.4. The Morgan fingerprint density at radius 3 is 2.95 bits per heavy atom. The van der Waals surface area contributed by atoms with Crippen molar-refractivity contribution >= 4 is 5.91 Å². The summed E-state index contributed by atoms with van der Waals surface area (Å²) in [7, 11) is 0. The Hall–Kier alpha value is -2.14. The maximum atomic E-state index is 12.8. The highest BCUT2D eigenvalue weighted by Crippen LogP contribution is 2.27. The number of aliphatic hydroxyl groups excluding tert-OH is 1. The first-order chi connectivity index (χ1) is 10.6. The second kappa shape index (κ2) is 5.93. The number of benzene rings is 1. The summed E-state index contributed by atoms with van der Waals surface area (Å²) < 4.78 is 1.82. The van der Waals surface area contributed by atoms with Crippen molar-refractivity contribution in [1.82, 2.24) is 14.7 Å². The largest absolute Gasteiger partial charge is 0.387 e. The van der Waals surface area contributed by atoms with Gasteiger partial charge in [-0.1, -0.05) is 31.2 Å². The number of hydrogen-bond donors (Lipinski definition) is 1. The Morgan fingerprint density at radius 2 is 2.18 bits per heavy atom.